The van der Waals surface area contributed by atoms with Crippen LogP contribution in [0.3, 0.4) is 0 Å². The van der Waals surface area contributed by atoms with E-state index in [9.17, 15) is 0 Å². The fourth-order valence-electron chi connectivity index (χ4n) is 3.22. The van der Waals surface area contributed by atoms with Gasteiger partial charge in [-0.3, -0.25) is 4.98 Å². The molecule has 0 amide bonds. The van der Waals surface area contributed by atoms with Gasteiger partial charge >= 0.3 is 0 Å². The summed E-state index contributed by atoms with van der Waals surface area (Å²) in [5.74, 6) is 0.797. The predicted molar refractivity (Wildman–Crippen MR) is 130 cm³/mol. The van der Waals surface area contributed by atoms with Crippen LogP contribution in [0.1, 0.15) is 16.8 Å². The van der Waals surface area contributed by atoms with Gasteiger partial charge in [-0.1, -0.05) is 6.07 Å². The van der Waals surface area contributed by atoms with Gasteiger partial charge in [0.05, 0.1) is 35.9 Å². The van der Waals surface area contributed by atoms with Crippen molar-refractivity contribution in [1.29, 1.82) is 5.26 Å². The molecule has 0 radical (unpaired) electrons. The zero-order valence-corrected chi connectivity index (χ0v) is 19.3. The zero-order chi connectivity index (χ0) is 20.9. The van der Waals surface area contributed by atoms with Gasteiger partial charge in [0.15, 0.2) is 0 Å². The van der Waals surface area contributed by atoms with Crippen LogP contribution in [0.15, 0.2) is 67.1 Å². The number of rotatable bonds is 6. The molecule has 0 aliphatic rings. The number of hydrogen-bond donors (Lipinski definition) is 1. The average molecular weight is 524 g/mol. The number of anilines is 1. The van der Waals surface area contributed by atoms with Crippen LogP contribution in [-0.4, -0.2) is 19.5 Å². The molecule has 0 aliphatic heterocycles. The van der Waals surface area contributed by atoms with E-state index in [1.54, 1.807) is 18.6 Å². The number of aryl methyl sites for hydroxylation is 1. The minimum Gasteiger partial charge on any atom is -0.364 e. The largest absolute Gasteiger partial charge is 0.364 e. The summed E-state index contributed by atoms with van der Waals surface area (Å²) in [6.07, 6.45) is 5.86. The lowest BCUT2D eigenvalue weighted by atomic mass is 9.99. The lowest BCUT2D eigenvalue weighted by molar-refractivity contribution is 0.919. The zero-order valence-electron chi connectivity index (χ0n) is 16.2. The summed E-state index contributed by atoms with van der Waals surface area (Å²) in [5.41, 5.74) is 6.98. The first-order chi connectivity index (χ1) is 14.7. The molecule has 1 aromatic carbocycles. The molecule has 3 heterocycles. The molecular weight excluding hydrogens is 506 g/mol. The molecule has 3 aromatic heterocycles. The van der Waals surface area contributed by atoms with Gasteiger partial charge in [-0.25, -0.2) is 9.44 Å². The highest BCUT2D eigenvalue weighted by molar-refractivity contribution is 14.2. The molecule has 4 aromatic rings. The summed E-state index contributed by atoms with van der Waals surface area (Å²) in [6, 6.07) is 18.0. The standard InChI is InChI=1S/C22H18IN6P/c1-15-10-16(13-24)2-3-20(15)18-6-9-26-22(11-18)27-14-19-12-21(28-29(19)30-23)17-4-7-25-8-5-17/h2-12,30H,14H2,1H3,(H,26,27). The molecule has 8 heteroatoms. The fourth-order valence-corrected chi connectivity index (χ4v) is 4.87. The van der Waals surface area contributed by atoms with Crippen LogP contribution in [0, 0.1) is 18.3 Å². The van der Waals surface area contributed by atoms with Crippen molar-refractivity contribution < 1.29 is 0 Å². The molecule has 0 spiro atoms. The number of aromatic nitrogens is 4. The highest BCUT2D eigenvalue weighted by Gasteiger charge is 2.10. The third-order valence-corrected chi connectivity index (χ3v) is 6.63. The summed E-state index contributed by atoms with van der Waals surface area (Å²) >= 11 is 2.34. The Hall–Kier alpha value is -2.82. The number of benzene rings is 1. The van der Waals surface area contributed by atoms with Gasteiger partial charge in [0, 0.05) is 24.2 Å². The van der Waals surface area contributed by atoms with E-state index in [4.69, 9.17) is 10.4 Å². The minimum absolute atomic E-state index is 0.507. The van der Waals surface area contributed by atoms with Crippen molar-refractivity contribution >= 4 is 34.2 Å². The molecule has 1 atom stereocenters. The molecule has 0 bridgehead atoms. The quantitative estimate of drug-likeness (QED) is 0.263. The first-order valence-corrected chi connectivity index (χ1v) is 13.3. The highest BCUT2D eigenvalue weighted by atomic mass is 127. The average Bonchev–Trinajstić information content (AvgIpc) is 3.21. The van der Waals surface area contributed by atoms with Gasteiger partial charge in [0.2, 0.25) is 0 Å². The van der Waals surface area contributed by atoms with Crippen LogP contribution in [0.4, 0.5) is 5.82 Å². The number of hydrogen-bond acceptors (Lipinski definition) is 5. The van der Waals surface area contributed by atoms with Crippen molar-refractivity contribution in [2.75, 3.05) is 5.32 Å². The van der Waals surface area contributed by atoms with E-state index in [-0.39, 0.29) is 0 Å². The third kappa shape index (κ3) is 4.50. The van der Waals surface area contributed by atoms with Gasteiger partial charge in [-0.2, -0.15) is 10.4 Å². The fraction of sp³-hybridized carbons (Fsp3) is 0.0909. The molecule has 1 N–H and O–H groups in total. The molecule has 0 saturated carbocycles. The molecule has 1 unspecified atom stereocenters. The van der Waals surface area contributed by atoms with Crippen molar-refractivity contribution in [2.24, 2.45) is 0 Å². The maximum atomic E-state index is 9.08. The van der Waals surface area contributed by atoms with Crippen molar-refractivity contribution in [3.05, 3.63) is 83.9 Å². The Kier molecular flexibility index (Phi) is 6.36. The van der Waals surface area contributed by atoms with Gasteiger partial charge < -0.3 is 5.32 Å². The second-order valence-electron chi connectivity index (χ2n) is 6.68. The van der Waals surface area contributed by atoms with Crippen molar-refractivity contribution in [2.45, 2.75) is 13.5 Å². The molecule has 0 aliphatic carbocycles. The summed E-state index contributed by atoms with van der Waals surface area (Å²) in [4.78, 5) is 8.54. The lowest BCUT2D eigenvalue weighted by Crippen LogP contribution is -2.04. The summed E-state index contributed by atoms with van der Waals surface area (Å²) in [6.45, 7) is 2.64. The maximum Gasteiger partial charge on any atom is 0.126 e. The second-order valence-corrected chi connectivity index (χ2v) is 8.72. The SMILES string of the molecule is Cc1cc(C#N)ccc1-c1ccnc(NCc2cc(-c3ccncc3)nn2PI)c1. The first-order valence-electron chi connectivity index (χ1n) is 9.25. The first kappa shape index (κ1) is 20.5. The van der Waals surface area contributed by atoms with E-state index in [1.807, 2.05) is 53.8 Å². The summed E-state index contributed by atoms with van der Waals surface area (Å²) in [5, 5.41) is 17.2. The second kappa shape index (κ2) is 9.33. The Bertz CT molecular complexity index is 1220. The van der Waals surface area contributed by atoms with Crippen LogP contribution in [-0.2, 0) is 6.54 Å². The number of nitrogens with zero attached hydrogens (tertiary/aromatic N) is 5. The maximum absolute atomic E-state index is 9.08. The molecule has 0 saturated heterocycles. The number of nitriles is 1. The molecular formula is C22H18IN6P. The molecule has 30 heavy (non-hydrogen) atoms. The van der Waals surface area contributed by atoms with Crippen LogP contribution in [0.2, 0.25) is 0 Å². The van der Waals surface area contributed by atoms with Crippen LogP contribution < -0.4 is 5.32 Å². The molecule has 0 fully saturated rings. The highest BCUT2D eigenvalue weighted by Crippen LogP contribution is 2.30. The topological polar surface area (TPSA) is 79.4 Å². The Morgan fingerprint density at radius 1 is 1.07 bits per heavy atom. The Balaban J connectivity index is 1.54. The molecule has 4 rings (SSSR count). The van der Waals surface area contributed by atoms with Crippen LogP contribution >= 0.6 is 28.4 Å². The van der Waals surface area contributed by atoms with Gasteiger partial charge in [0.25, 0.3) is 0 Å². The van der Waals surface area contributed by atoms with E-state index in [1.165, 1.54) is 0 Å². The summed E-state index contributed by atoms with van der Waals surface area (Å²) in [7, 11) is 0. The van der Waals surface area contributed by atoms with Crippen molar-refractivity contribution in [3.63, 3.8) is 0 Å². The monoisotopic (exact) mass is 524 g/mol. The number of pyridine rings is 2. The van der Waals surface area contributed by atoms with Gasteiger partial charge in [0.1, 0.15) is 5.82 Å². The van der Waals surface area contributed by atoms with E-state index in [0.717, 1.165) is 39.5 Å². The van der Waals surface area contributed by atoms with Crippen LogP contribution in [0.25, 0.3) is 22.4 Å². The van der Waals surface area contributed by atoms with E-state index in [0.29, 0.717) is 18.5 Å². The van der Waals surface area contributed by atoms with Crippen molar-refractivity contribution in [1.82, 2.24) is 19.5 Å². The Morgan fingerprint density at radius 2 is 1.87 bits per heavy atom. The Labute approximate surface area is 189 Å². The normalized spacial score (nSPS) is 11.0. The summed E-state index contributed by atoms with van der Waals surface area (Å²) < 4.78 is 2.01. The van der Waals surface area contributed by atoms with Gasteiger partial charge in [-0.05, 0) is 88.1 Å². The number of halogens is 1. The third-order valence-electron chi connectivity index (χ3n) is 4.72. The van der Waals surface area contributed by atoms with E-state index < -0.39 is 0 Å². The van der Waals surface area contributed by atoms with E-state index >= 15 is 0 Å². The minimum atomic E-state index is 0.507. The Morgan fingerprint density at radius 3 is 2.60 bits per heavy atom. The van der Waals surface area contributed by atoms with Gasteiger partial charge in [-0.15, -0.1) is 0 Å². The van der Waals surface area contributed by atoms with Crippen molar-refractivity contribution in [3.8, 4) is 28.5 Å². The van der Waals surface area contributed by atoms with Crippen LogP contribution in [0.5, 0.6) is 0 Å². The number of nitrogens with one attached hydrogen (secondary N) is 1. The predicted octanol–water partition coefficient (Wildman–Crippen LogP) is 5.59. The molecule has 148 valence electrons. The van der Waals surface area contributed by atoms with E-state index in [2.05, 4.69) is 49.5 Å². The lowest BCUT2D eigenvalue weighted by Gasteiger charge is -2.10. The molecule has 6 nitrogen and oxygen atoms in total. The smallest absolute Gasteiger partial charge is 0.126 e.